The number of phenols is 2. The van der Waals surface area contributed by atoms with Gasteiger partial charge in [-0.1, -0.05) is 167 Å². The minimum atomic E-state index is -4.91. The van der Waals surface area contributed by atoms with Crippen LogP contribution in [0.25, 0.3) is 21.5 Å². The van der Waals surface area contributed by atoms with Crippen LogP contribution in [0.2, 0.25) is 0 Å². The Kier molecular flexibility index (Phi) is 39.3. The van der Waals surface area contributed by atoms with E-state index < -0.39 is 68.1 Å². The van der Waals surface area contributed by atoms with Gasteiger partial charge in [0.05, 0.1) is 48.4 Å². The van der Waals surface area contributed by atoms with Crippen LogP contribution in [0.5, 0.6) is 34.5 Å². The van der Waals surface area contributed by atoms with E-state index in [1.165, 1.54) is 206 Å². The van der Waals surface area contributed by atoms with Gasteiger partial charge in [0.15, 0.2) is 11.5 Å². The molecule has 0 aliphatic heterocycles. The number of nitrogen functional groups attached to an aromatic ring is 1. The second kappa shape index (κ2) is 47.8. The zero-order chi connectivity index (χ0) is 84.1. The lowest BCUT2D eigenvalue weighted by atomic mass is 10.1. The molecule has 0 aliphatic carbocycles. The molecule has 35 heteroatoms. The van der Waals surface area contributed by atoms with Crippen LogP contribution < -0.4 is 40.6 Å². The van der Waals surface area contributed by atoms with E-state index in [4.69, 9.17) is 36.3 Å². The number of ether oxygens (including phenoxy) is 4. The molecule has 0 aliphatic rings. The molecule has 0 bridgehead atoms. The normalized spacial score (nSPS) is 12.0. The van der Waals surface area contributed by atoms with Gasteiger partial charge in [-0.05, 0) is 136 Å². The fraction of sp³-hybridized carbons (Fsp3) is 0.425. The maximum absolute atomic E-state index is 12.8. The molecule has 0 saturated heterocycles. The molecule has 11 N–H and O–H groups in total. The fourth-order valence-corrected chi connectivity index (χ4v) is 14.5. The number of carbonyl (C=O) groups excluding carboxylic acids is 2. The molecule has 0 heterocycles. The molecule has 624 valence electrons. The Morgan fingerprint density at radius 1 is 0.417 bits per heavy atom. The van der Waals surface area contributed by atoms with E-state index in [-0.39, 0.29) is 121 Å². The first-order chi connectivity index (χ1) is 54.8. The summed E-state index contributed by atoms with van der Waals surface area (Å²) in [6.45, 7) is 12.1. The summed E-state index contributed by atoms with van der Waals surface area (Å²) < 4.78 is 115. The molecule has 8 aromatic carbocycles. The molecule has 0 atom stereocenters. The highest BCUT2D eigenvalue weighted by Crippen LogP contribution is 2.48. The molecule has 8 rings (SSSR count). The summed E-state index contributed by atoms with van der Waals surface area (Å²) in [4.78, 5) is 59.8. The molecule has 0 saturated carbocycles. The number of anilines is 2. The van der Waals surface area contributed by atoms with Crippen molar-refractivity contribution in [3.63, 3.8) is 0 Å². The van der Waals surface area contributed by atoms with E-state index in [2.05, 4.69) is 60.1 Å². The molecule has 115 heavy (non-hydrogen) atoms. The summed E-state index contributed by atoms with van der Waals surface area (Å²) in [5.41, 5.74) is 6.23. The number of halogens is 1. The van der Waals surface area contributed by atoms with Crippen LogP contribution in [0.15, 0.2) is 172 Å². The highest BCUT2D eigenvalue weighted by Gasteiger charge is 2.26. The molecule has 0 spiro atoms. The smallest absolute Gasteiger partial charge is 0.356 e. The van der Waals surface area contributed by atoms with Crippen molar-refractivity contribution in [1.82, 2.24) is 0 Å². The summed E-state index contributed by atoms with van der Waals surface area (Å²) in [5.74, 6) is -0.755. The zero-order valence-electron chi connectivity index (χ0n) is 65.6. The minimum Gasteiger partial charge on any atom is -0.505 e. The number of carbonyl (C=O) groups is 2. The van der Waals surface area contributed by atoms with Gasteiger partial charge in [0.25, 0.3) is 20.2 Å². The number of fused-ring (bicyclic) bond motifs is 2. The Morgan fingerprint density at radius 2 is 0.748 bits per heavy atom. The van der Waals surface area contributed by atoms with Gasteiger partial charge in [0, 0.05) is 59.3 Å². The van der Waals surface area contributed by atoms with E-state index >= 15 is 0 Å². The lowest BCUT2D eigenvalue weighted by molar-refractivity contribution is -0.116. The van der Waals surface area contributed by atoms with E-state index in [9.17, 15) is 74.4 Å². The largest absolute Gasteiger partial charge is 0.505 e. The van der Waals surface area contributed by atoms with Gasteiger partial charge in [-0.2, -0.15) is 27.1 Å². The van der Waals surface area contributed by atoms with E-state index in [1.807, 2.05) is 0 Å². The van der Waals surface area contributed by atoms with Crippen molar-refractivity contribution in [1.29, 1.82) is 0 Å². The highest BCUT2D eigenvalue weighted by atomic mass is 35.5. The number of nitrogens with one attached hydrogen (secondary N) is 1. The first kappa shape index (κ1) is 94.7. The van der Waals surface area contributed by atoms with Crippen LogP contribution in [0, 0.1) is 0 Å². The van der Waals surface area contributed by atoms with Crippen LogP contribution in [0.1, 0.15) is 196 Å². The minimum absolute atomic E-state index is 0.0481. The van der Waals surface area contributed by atoms with Crippen LogP contribution in [0.4, 0.5) is 56.9 Å². The second-order valence-electron chi connectivity index (χ2n) is 26.7. The summed E-state index contributed by atoms with van der Waals surface area (Å²) in [5, 5.41) is 58.2. The predicted molar refractivity (Wildman–Crippen MR) is 447 cm³/mol. The van der Waals surface area contributed by atoms with Gasteiger partial charge in [0.2, 0.25) is 11.1 Å². The Labute approximate surface area is 676 Å². The quantitative estimate of drug-likeness (QED) is 0.00423. The monoisotopic (exact) mass is 1690 g/mol. The molecule has 0 radical (unpaired) electrons. The number of nitrogens with two attached hydrogens (primary N) is 1. The summed E-state index contributed by atoms with van der Waals surface area (Å²) in [6.07, 6.45) is 28.1. The number of amides is 1. The number of rotatable bonds is 45. The third-order valence-corrected chi connectivity index (χ3v) is 21.5. The Bertz CT molecular complexity index is 5030. The Balaban J connectivity index is 0.000000309. The van der Waals surface area contributed by atoms with E-state index in [0.717, 1.165) is 50.7 Å². The number of hydrogen-bond acceptors (Lipinski definition) is 23. The number of azo groups is 4. The topological polar surface area (TPSA) is 472 Å². The molecule has 0 unspecified atom stereocenters. The molecule has 0 aromatic heterocycles. The average Bonchev–Trinajstić information content (AvgIpc) is 0.769. The third-order valence-electron chi connectivity index (χ3n) is 17.6. The number of phenolic OH excluding ortho intramolecular Hbond substituents is 2. The van der Waals surface area contributed by atoms with Crippen molar-refractivity contribution in [3.05, 3.63) is 121 Å². The highest BCUT2D eigenvalue weighted by molar-refractivity contribution is 7.86. The van der Waals surface area contributed by atoms with Gasteiger partial charge < -0.3 is 59.8 Å². The van der Waals surface area contributed by atoms with Crippen molar-refractivity contribution in [2.45, 2.75) is 205 Å². The van der Waals surface area contributed by atoms with Gasteiger partial charge >= 0.3 is 15.2 Å². The molecule has 30 nitrogen and oxygen atoms in total. The number of benzene rings is 8. The van der Waals surface area contributed by atoms with Crippen molar-refractivity contribution >= 4 is 147 Å². The maximum Gasteiger partial charge on any atom is 0.356 e. The Hall–Kier alpha value is -9.17. The molecular formula is C80H105ClN10O20P2S2. The van der Waals surface area contributed by atoms with Gasteiger partial charge in [-0.15, -0.1) is 30.7 Å². The summed E-state index contributed by atoms with van der Waals surface area (Å²) >= 11 is 5.26. The van der Waals surface area contributed by atoms with Crippen molar-refractivity contribution in [3.8, 4) is 34.5 Å². The summed E-state index contributed by atoms with van der Waals surface area (Å²) in [6, 6.07) is 27.8. The lowest BCUT2D eigenvalue weighted by Crippen LogP contribution is -2.11. The summed E-state index contributed by atoms with van der Waals surface area (Å²) in [7, 11) is -18.8. The van der Waals surface area contributed by atoms with Crippen LogP contribution in [-0.4, -0.2) is 93.3 Å². The third kappa shape index (κ3) is 31.8. The van der Waals surface area contributed by atoms with Crippen molar-refractivity contribution < 1.29 is 93.4 Å². The van der Waals surface area contributed by atoms with Crippen molar-refractivity contribution in [2.24, 2.45) is 40.9 Å². The fourth-order valence-electron chi connectivity index (χ4n) is 11.8. The SMILES string of the molecule is CCCCCCCCCCCCCC(=O)Cl.CCCCCCCCCCCCCC(=O)Nc1ccc2cc(S(=O)(=O)O)c(N=Nc3cc(OCC)c(N=Nc4cccc(P(=O)(O)O)c4)cc3OCC)c(O)c2c1.CCOc1cc(N=Nc2c(S(=O)(=O)O)cc3ccc(N)cc3c2O)c(OCC)cc1N=Nc1cccc(P(=O)(O)O)c1. The number of nitrogens with zero attached hydrogens (tertiary/aromatic N) is 8. The molecule has 1 amide bonds. The van der Waals surface area contributed by atoms with E-state index in [0.29, 0.717) is 29.6 Å². The van der Waals surface area contributed by atoms with Gasteiger partial charge in [-0.3, -0.25) is 27.8 Å². The Morgan fingerprint density at radius 3 is 1.09 bits per heavy atom. The van der Waals surface area contributed by atoms with Crippen LogP contribution >= 0.6 is 26.8 Å². The van der Waals surface area contributed by atoms with E-state index in [1.54, 1.807) is 33.8 Å². The number of aromatic hydroxyl groups is 2. The number of unbranched alkanes of at least 4 members (excludes halogenated alkanes) is 20. The van der Waals surface area contributed by atoms with Gasteiger partial charge in [-0.25, -0.2) is 0 Å². The van der Waals surface area contributed by atoms with Crippen molar-refractivity contribution in [2.75, 3.05) is 37.5 Å². The zero-order valence-corrected chi connectivity index (χ0v) is 69.7. The van der Waals surface area contributed by atoms with Gasteiger partial charge in [0.1, 0.15) is 66.9 Å². The first-order valence-electron chi connectivity index (χ1n) is 38.5. The predicted octanol–water partition coefficient (Wildman–Crippen LogP) is 22.1. The first-order valence-corrected chi connectivity index (χ1v) is 45.0. The standard InChI is InChI=1S/C40H52N5O10PS.C26H26N5O9PS.C14H27ClO/c1-4-7-8-9-10-11-12-13-14-15-16-20-38(46)41-29-22-21-28-23-37(57(51,52)53)39(40(47)32(28)25-29)45-44-34-27-35(54-5-2)33(26-36(34)55-6-3)43-42-30-18-17-19-31(24-30)56(48,49)50;1-3-39-22-14-21(23(40-4-2)13-20(22)29-28-17-6-5-7-18(12-17)41(33,34)35)30-31-25-24(42(36,37)38)10-15-8-9-16(27)11-19(15)26(25)32;1-2-3-4-5-6-7-8-9-10-11-12-13-14(15)16/h17-19,21-27,47H,4-16,20H2,1-3H3,(H,41,46)(H2,48,49,50)(H,51,52,53);5-14,32H,3-4,27H2,1-2H3,(H2,33,34,35)(H,36,37,38);2-13H2,1H3. The lowest BCUT2D eigenvalue weighted by Gasteiger charge is -2.13. The molecular weight excluding hydrogens is 1580 g/mol. The average molecular weight is 1690 g/mol. The number of hydrogen-bond donors (Lipinski definition) is 10. The molecule has 0 fully saturated rings. The maximum atomic E-state index is 12.8. The van der Waals surface area contributed by atoms with Crippen LogP contribution in [-0.2, 0) is 39.0 Å². The molecule has 8 aromatic rings. The second-order valence-corrected chi connectivity index (χ2v) is 33.1. The van der Waals surface area contributed by atoms with Crippen LogP contribution in [0.3, 0.4) is 0 Å².